The highest BCUT2D eigenvalue weighted by atomic mass is 16.3. The van der Waals surface area contributed by atoms with Crippen LogP contribution >= 0.6 is 0 Å². The molecule has 0 aromatic carbocycles. The van der Waals surface area contributed by atoms with Crippen molar-refractivity contribution in [1.82, 2.24) is 10.6 Å². The van der Waals surface area contributed by atoms with Crippen LogP contribution in [0.4, 0.5) is 0 Å². The molecule has 0 saturated heterocycles. The van der Waals surface area contributed by atoms with Gasteiger partial charge in [0.15, 0.2) is 5.76 Å². The maximum atomic E-state index is 12.2. The number of hydrogen-bond acceptors (Lipinski definition) is 5. The molecular formula is C18H22N2O5. The number of aliphatic hydroxyl groups is 1. The summed E-state index contributed by atoms with van der Waals surface area (Å²) >= 11 is 0. The van der Waals surface area contributed by atoms with Gasteiger partial charge in [-0.25, -0.2) is 0 Å². The average Bonchev–Trinajstić information content (AvgIpc) is 2.47. The predicted octanol–water partition coefficient (Wildman–Crippen LogP) is 1.59. The van der Waals surface area contributed by atoms with Crippen LogP contribution in [0.2, 0.25) is 0 Å². The van der Waals surface area contributed by atoms with Gasteiger partial charge in [0.2, 0.25) is 11.7 Å². The number of aliphatic hydroxyl groups excluding tert-OH is 1. The van der Waals surface area contributed by atoms with Crippen molar-refractivity contribution in [2.24, 2.45) is 5.92 Å². The molecule has 0 aromatic heterocycles. The second kappa shape index (κ2) is 8.23. The molecule has 0 fully saturated rings. The van der Waals surface area contributed by atoms with Gasteiger partial charge < -0.3 is 15.7 Å². The molecule has 0 saturated carbocycles. The van der Waals surface area contributed by atoms with Gasteiger partial charge in [-0.2, -0.15) is 0 Å². The number of amides is 2. The number of rotatable bonds is 5. The van der Waals surface area contributed by atoms with Gasteiger partial charge in [0, 0.05) is 18.6 Å². The van der Waals surface area contributed by atoms with Crippen LogP contribution in [-0.4, -0.2) is 28.5 Å². The lowest BCUT2D eigenvalue weighted by molar-refractivity contribution is -0.132. The molecule has 7 heteroatoms. The molecule has 1 rings (SSSR count). The zero-order valence-electron chi connectivity index (χ0n) is 14.9. The van der Waals surface area contributed by atoms with Crippen molar-refractivity contribution in [3.63, 3.8) is 0 Å². The zero-order valence-corrected chi connectivity index (χ0v) is 14.9. The Bertz CT molecular complexity index is 749. The van der Waals surface area contributed by atoms with Gasteiger partial charge >= 0.3 is 0 Å². The van der Waals surface area contributed by atoms with Crippen LogP contribution < -0.4 is 10.6 Å². The molecule has 7 nitrogen and oxygen atoms in total. The first kappa shape index (κ1) is 20.1. The highest BCUT2D eigenvalue weighted by Gasteiger charge is 2.30. The maximum Gasteiger partial charge on any atom is 0.253 e. The molecule has 1 aliphatic rings. The van der Waals surface area contributed by atoms with E-state index in [1.807, 2.05) is 26.8 Å². The SMILES string of the molecule is CC(=O)NC1=C(O)C(NC(=O)/C(C)=C/[C@@H](C)C=C(C)C)=CC(=O)C1=O. The number of carbonyl (C=O) groups excluding carboxylic acids is 4. The Labute approximate surface area is 146 Å². The molecular weight excluding hydrogens is 324 g/mol. The lowest BCUT2D eigenvalue weighted by atomic mass is 10.0. The Morgan fingerprint density at radius 3 is 2.20 bits per heavy atom. The Hall–Kier alpha value is -2.96. The second-order valence-electron chi connectivity index (χ2n) is 6.06. The normalized spacial score (nSPS) is 16.2. The molecule has 1 atom stereocenters. The topological polar surface area (TPSA) is 113 Å². The lowest BCUT2D eigenvalue weighted by Crippen LogP contribution is -2.37. The van der Waals surface area contributed by atoms with Gasteiger partial charge in [0.25, 0.3) is 11.7 Å². The van der Waals surface area contributed by atoms with Crippen molar-refractivity contribution in [2.75, 3.05) is 0 Å². The highest BCUT2D eigenvalue weighted by Crippen LogP contribution is 2.16. The van der Waals surface area contributed by atoms with E-state index in [-0.39, 0.29) is 11.6 Å². The van der Waals surface area contributed by atoms with Crippen molar-refractivity contribution in [1.29, 1.82) is 0 Å². The minimum Gasteiger partial charge on any atom is -0.504 e. The fourth-order valence-electron chi connectivity index (χ4n) is 2.28. The number of Topliss-reactive ketones (excluding diaryl/α,β-unsaturated/α-hetero) is 1. The first-order valence-electron chi connectivity index (χ1n) is 7.69. The van der Waals surface area contributed by atoms with Gasteiger partial charge in [-0.05, 0) is 26.7 Å². The Morgan fingerprint density at radius 1 is 1.08 bits per heavy atom. The third kappa shape index (κ3) is 5.56. The molecule has 2 amide bonds. The molecule has 134 valence electrons. The van der Waals surface area contributed by atoms with Gasteiger partial charge in [-0.3, -0.25) is 19.2 Å². The van der Waals surface area contributed by atoms with Crippen molar-refractivity contribution in [3.05, 3.63) is 46.5 Å². The quantitative estimate of drug-likeness (QED) is 0.303. The second-order valence-corrected chi connectivity index (χ2v) is 6.06. The molecule has 3 N–H and O–H groups in total. The van der Waals surface area contributed by atoms with E-state index in [1.54, 1.807) is 13.0 Å². The van der Waals surface area contributed by atoms with E-state index in [9.17, 15) is 24.3 Å². The average molecular weight is 346 g/mol. The number of nitrogens with one attached hydrogen (secondary N) is 2. The summed E-state index contributed by atoms with van der Waals surface area (Å²) in [4.78, 5) is 46.8. The molecule has 0 aromatic rings. The number of carbonyl (C=O) groups is 4. The van der Waals surface area contributed by atoms with Gasteiger partial charge in [0.1, 0.15) is 5.70 Å². The van der Waals surface area contributed by atoms with E-state index < -0.39 is 34.8 Å². The van der Waals surface area contributed by atoms with Crippen LogP contribution in [0.5, 0.6) is 0 Å². The Balaban J connectivity index is 3.04. The monoisotopic (exact) mass is 346 g/mol. The third-order valence-electron chi connectivity index (χ3n) is 3.23. The predicted molar refractivity (Wildman–Crippen MR) is 92.1 cm³/mol. The molecule has 0 heterocycles. The van der Waals surface area contributed by atoms with E-state index in [0.717, 1.165) is 18.6 Å². The molecule has 0 spiro atoms. The first-order chi connectivity index (χ1) is 11.5. The molecule has 0 aliphatic heterocycles. The fourth-order valence-corrected chi connectivity index (χ4v) is 2.28. The van der Waals surface area contributed by atoms with E-state index in [1.165, 1.54) is 0 Å². The molecule has 1 aliphatic carbocycles. The van der Waals surface area contributed by atoms with Crippen LogP contribution in [0.3, 0.4) is 0 Å². The standard InChI is InChI=1S/C18H22N2O5/c1-9(2)6-10(3)7-11(4)18(25)20-13-8-14(22)17(24)15(16(13)23)19-12(5)21/h6-8,10,23H,1-5H3,(H,19,21)(H,20,25)/b11-7+/t10-/m0/s1. The summed E-state index contributed by atoms with van der Waals surface area (Å²) in [6.45, 7) is 8.53. The third-order valence-corrected chi connectivity index (χ3v) is 3.23. The van der Waals surface area contributed by atoms with Crippen LogP contribution in [0.1, 0.15) is 34.6 Å². The number of hydrogen-bond donors (Lipinski definition) is 3. The van der Waals surface area contributed by atoms with Crippen molar-refractivity contribution in [3.8, 4) is 0 Å². The van der Waals surface area contributed by atoms with E-state index in [2.05, 4.69) is 10.6 Å². The summed E-state index contributed by atoms with van der Waals surface area (Å²) < 4.78 is 0. The Kier molecular flexibility index (Phi) is 6.61. The first-order valence-corrected chi connectivity index (χ1v) is 7.69. The van der Waals surface area contributed by atoms with Gasteiger partial charge in [-0.15, -0.1) is 0 Å². The number of allylic oxidation sites excluding steroid dienone is 5. The van der Waals surface area contributed by atoms with Crippen LogP contribution in [0.25, 0.3) is 0 Å². The van der Waals surface area contributed by atoms with E-state index in [4.69, 9.17) is 0 Å². The molecule has 0 radical (unpaired) electrons. The van der Waals surface area contributed by atoms with Crippen LogP contribution in [0, 0.1) is 5.92 Å². The lowest BCUT2D eigenvalue weighted by Gasteiger charge is -2.17. The summed E-state index contributed by atoms with van der Waals surface area (Å²) in [6, 6.07) is 0. The van der Waals surface area contributed by atoms with Crippen LogP contribution in [-0.2, 0) is 19.2 Å². The van der Waals surface area contributed by atoms with Gasteiger partial charge in [-0.1, -0.05) is 24.6 Å². The van der Waals surface area contributed by atoms with Crippen molar-refractivity contribution in [2.45, 2.75) is 34.6 Å². The summed E-state index contributed by atoms with van der Waals surface area (Å²) in [5.41, 5.74) is 0.705. The zero-order chi connectivity index (χ0) is 19.3. The number of ketones is 2. The maximum absolute atomic E-state index is 12.2. The Morgan fingerprint density at radius 2 is 1.68 bits per heavy atom. The molecule has 0 bridgehead atoms. The summed E-state index contributed by atoms with van der Waals surface area (Å²) in [5, 5.41) is 14.6. The van der Waals surface area contributed by atoms with Crippen LogP contribution in [0.15, 0.2) is 46.5 Å². The summed E-state index contributed by atoms with van der Waals surface area (Å²) in [6.07, 6.45) is 4.53. The molecule has 25 heavy (non-hydrogen) atoms. The minimum absolute atomic E-state index is 0.0263. The van der Waals surface area contributed by atoms with Crippen molar-refractivity contribution < 1.29 is 24.3 Å². The van der Waals surface area contributed by atoms with Crippen molar-refractivity contribution >= 4 is 23.4 Å². The summed E-state index contributed by atoms with van der Waals surface area (Å²) in [7, 11) is 0. The van der Waals surface area contributed by atoms with E-state index >= 15 is 0 Å². The largest absolute Gasteiger partial charge is 0.504 e. The summed E-state index contributed by atoms with van der Waals surface area (Å²) in [5.74, 6) is -3.78. The van der Waals surface area contributed by atoms with Gasteiger partial charge in [0.05, 0.1) is 5.70 Å². The smallest absolute Gasteiger partial charge is 0.253 e. The molecule has 0 unspecified atom stereocenters. The minimum atomic E-state index is -1.05. The fraction of sp³-hybridized carbons (Fsp3) is 0.333. The van der Waals surface area contributed by atoms with E-state index in [0.29, 0.717) is 5.57 Å². The highest BCUT2D eigenvalue weighted by molar-refractivity contribution is 6.48.